The SMILES string of the molecule is CCC(C)C(N)C(=O)Nc1ccc(-c2nccc(C)n2)cc1. The van der Waals surface area contributed by atoms with Crippen molar-refractivity contribution in [2.75, 3.05) is 5.32 Å². The van der Waals surface area contributed by atoms with Gasteiger partial charge in [0, 0.05) is 23.1 Å². The number of amides is 1. The molecule has 2 rings (SSSR count). The van der Waals surface area contributed by atoms with Crippen molar-refractivity contribution < 1.29 is 4.79 Å². The van der Waals surface area contributed by atoms with Crippen LogP contribution in [0.3, 0.4) is 0 Å². The van der Waals surface area contributed by atoms with E-state index in [-0.39, 0.29) is 11.8 Å². The van der Waals surface area contributed by atoms with Gasteiger partial charge in [0.25, 0.3) is 0 Å². The molecule has 22 heavy (non-hydrogen) atoms. The summed E-state index contributed by atoms with van der Waals surface area (Å²) in [6, 6.07) is 8.81. The van der Waals surface area contributed by atoms with Crippen LogP contribution in [0.2, 0.25) is 0 Å². The minimum atomic E-state index is -0.496. The summed E-state index contributed by atoms with van der Waals surface area (Å²) in [7, 11) is 0. The first-order valence-corrected chi connectivity index (χ1v) is 7.47. The Kier molecular flexibility index (Phi) is 5.22. The van der Waals surface area contributed by atoms with Gasteiger partial charge in [-0.1, -0.05) is 20.3 Å². The molecule has 0 radical (unpaired) electrons. The van der Waals surface area contributed by atoms with Gasteiger partial charge >= 0.3 is 0 Å². The molecular formula is C17H22N4O. The van der Waals surface area contributed by atoms with Crippen LogP contribution in [0.15, 0.2) is 36.5 Å². The maximum absolute atomic E-state index is 12.1. The number of benzene rings is 1. The first-order valence-electron chi connectivity index (χ1n) is 7.47. The van der Waals surface area contributed by atoms with Gasteiger partial charge in [-0.3, -0.25) is 4.79 Å². The summed E-state index contributed by atoms with van der Waals surface area (Å²) >= 11 is 0. The third kappa shape index (κ3) is 3.89. The maximum atomic E-state index is 12.1. The van der Waals surface area contributed by atoms with E-state index >= 15 is 0 Å². The molecule has 1 aromatic heterocycles. The number of aryl methyl sites for hydroxylation is 1. The number of anilines is 1. The van der Waals surface area contributed by atoms with Crippen LogP contribution >= 0.6 is 0 Å². The smallest absolute Gasteiger partial charge is 0.241 e. The van der Waals surface area contributed by atoms with Crippen LogP contribution < -0.4 is 11.1 Å². The van der Waals surface area contributed by atoms with Crippen molar-refractivity contribution in [3.8, 4) is 11.4 Å². The molecule has 3 N–H and O–H groups in total. The summed E-state index contributed by atoms with van der Waals surface area (Å²) in [6.07, 6.45) is 2.61. The number of hydrogen-bond donors (Lipinski definition) is 2. The van der Waals surface area contributed by atoms with Gasteiger partial charge in [-0.05, 0) is 43.2 Å². The topological polar surface area (TPSA) is 80.9 Å². The Hall–Kier alpha value is -2.27. The summed E-state index contributed by atoms with van der Waals surface area (Å²) in [5.41, 5.74) is 8.48. The molecule has 2 unspecified atom stereocenters. The molecular weight excluding hydrogens is 276 g/mol. The number of carbonyl (C=O) groups excluding carboxylic acids is 1. The molecule has 0 fully saturated rings. The number of aromatic nitrogens is 2. The van der Waals surface area contributed by atoms with E-state index < -0.39 is 6.04 Å². The zero-order valence-corrected chi connectivity index (χ0v) is 13.2. The van der Waals surface area contributed by atoms with E-state index in [1.165, 1.54) is 0 Å². The van der Waals surface area contributed by atoms with Crippen LogP contribution in [-0.2, 0) is 4.79 Å². The quantitative estimate of drug-likeness (QED) is 0.889. The highest BCUT2D eigenvalue weighted by Crippen LogP contribution is 2.18. The van der Waals surface area contributed by atoms with Crippen LogP contribution in [0, 0.1) is 12.8 Å². The van der Waals surface area contributed by atoms with Gasteiger partial charge in [0.1, 0.15) is 0 Å². The monoisotopic (exact) mass is 298 g/mol. The summed E-state index contributed by atoms with van der Waals surface area (Å²) in [4.78, 5) is 20.7. The Morgan fingerprint density at radius 2 is 1.95 bits per heavy atom. The lowest BCUT2D eigenvalue weighted by Gasteiger charge is -2.17. The second kappa shape index (κ2) is 7.13. The molecule has 5 nitrogen and oxygen atoms in total. The first kappa shape index (κ1) is 16.1. The molecule has 2 atom stereocenters. The third-order valence-corrected chi connectivity index (χ3v) is 3.77. The molecule has 0 spiro atoms. The fraction of sp³-hybridized carbons (Fsp3) is 0.353. The molecule has 0 aliphatic heterocycles. The zero-order chi connectivity index (χ0) is 16.1. The van der Waals surface area contributed by atoms with Gasteiger partial charge in [-0.2, -0.15) is 0 Å². The van der Waals surface area contributed by atoms with E-state index in [4.69, 9.17) is 5.73 Å². The second-order valence-corrected chi connectivity index (χ2v) is 5.50. The van der Waals surface area contributed by atoms with E-state index in [1.54, 1.807) is 6.20 Å². The van der Waals surface area contributed by atoms with Gasteiger partial charge in [0.05, 0.1) is 6.04 Å². The summed E-state index contributed by atoms with van der Waals surface area (Å²) in [5, 5.41) is 2.84. The lowest BCUT2D eigenvalue weighted by molar-refractivity contribution is -0.118. The van der Waals surface area contributed by atoms with Gasteiger partial charge in [0.2, 0.25) is 5.91 Å². The van der Waals surface area contributed by atoms with Crippen molar-refractivity contribution in [3.63, 3.8) is 0 Å². The van der Waals surface area contributed by atoms with Crippen LogP contribution in [0.25, 0.3) is 11.4 Å². The number of nitrogens with two attached hydrogens (primary N) is 1. The van der Waals surface area contributed by atoms with Crippen molar-refractivity contribution in [3.05, 3.63) is 42.2 Å². The van der Waals surface area contributed by atoms with Crippen molar-refractivity contribution in [1.29, 1.82) is 0 Å². The lowest BCUT2D eigenvalue weighted by atomic mass is 9.99. The molecule has 0 saturated heterocycles. The number of hydrogen-bond acceptors (Lipinski definition) is 4. The van der Waals surface area contributed by atoms with Crippen LogP contribution in [0.5, 0.6) is 0 Å². The molecule has 1 heterocycles. The summed E-state index contributed by atoms with van der Waals surface area (Å²) < 4.78 is 0. The Bertz CT molecular complexity index is 639. The fourth-order valence-electron chi connectivity index (χ4n) is 2.03. The Morgan fingerprint density at radius 3 is 2.55 bits per heavy atom. The first-order chi connectivity index (χ1) is 10.5. The van der Waals surface area contributed by atoms with Gasteiger partial charge in [0.15, 0.2) is 5.82 Å². The normalized spacial score (nSPS) is 13.5. The maximum Gasteiger partial charge on any atom is 0.241 e. The molecule has 116 valence electrons. The molecule has 5 heteroatoms. The Morgan fingerprint density at radius 1 is 1.27 bits per heavy atom. The van der Waals surface area contributed by atoms with Crippen LogP contribution in [-0.4, -0.2) is 21.9 Å². The highest BCUT2D eigenvalue weighted by molar-refractivity contribution is 5.95. The van der Waals surface area contributed by atoms with Gasteiger partial charge in [-0.15, -0.1) is 0 Å². The molecule has 0 aliphatic carbocycles. The highest BCUT2D eigenvalue weighted by Gasteiger charge is 2.19. The Labute approximate surface area is 131 Å². The standard InChI is InChI=1S/C17H22N4O/c1-4-11(2)15(18)17(22)21-14-7-5-13(6-8-14)16-19-10-9-12(3)20-16/h5-11,15H,4,18H2,1-3H3,(H,21,22). The largest absolute Gasteiger partial charge is 0.325 e. The zero-order valence-electron chi connectivity index (χ0n) is 13.2. The summed E-state index contributed by atoms with van der Waals surface area (Å²) in [5.74, 6) is 0.669. The van der Waals surface area contributed by atoms with E-state index in [2.05, 4.69) is 15.3 Å². The van der Waals surface area contributed by atoms with Crippen molar-refractivity contribution in [2.24, 2.45) is 11.7 Å². The number of nitrogens with zero attached hydrogens (tertiary/aromatic N) is 2. The molecule has 0 saturated carbocycles. The highest BCUT2D eigenvalue weighted by atomic mass is 16.2. The van der Waals surface area contributed by atoms with Crippen molar-refractivity contribution in [2.45, 2.75) is 33.2 Å². The van der Waals surface area contributed by atoms with Crippen LogP contribution in [0.1, 0.15) is 26.0 Å². The minimum absolute atomic E-state index is 0.153. The van der Waals surface area contributed by atoms with Crippen molar-refractivity contribution in [1.82, 2.24) is 9.97 Å². The van der Waals surface area contributed by atoms with Crippen LogP contribution in [0.4, 0.5) is 5.69 Å². The van der Waals surface area contributed by atoms with E-state index in [0.29, 0.717) is 5.82 Å². The molecule has 1 amide bonds. The number of nitrogens with one attached hydrogen (secondary N) is 1. The molecule has 1 aromatic carbocycles. The van der Waals surface area contributed by atoms with Crippen molar-refractivity contribution >= 4 is 11.6 Å². The number of rotatable bonds is 5. The van der Waals surface area contributed by atoms with E-state index in [1.807, 2.05) is 51.1 Å². The summed E-state index contributed by atoms with van der Waals surface area (Å²) in [6.45, 7) is 5.92. The van der Waals surface area contributed by atoms with E-state index in [0.717, 1.165) is 23.4 Å². The minimum Gasteiger partial charge on any atom is -0.325 e. The predicted octanol–water partition coefficient (Wildman–Crippen LogP) is 2.76. The second-order valence-electron chi connectivity index (χ2n) is 5.50. The van der Waals surface area contributed by atoms with E-state index in [9.17, 15) is 4.79 Å². The lowest BCUT2D eigenvalue weighted by Crippen LogP contribution is -2.40. The number of carbonyl (C=O) groups is 1. The Balaban J connectivity index is 2.08. The molecule has 0 bridgehead atoms. The van der Waals surface area contributed by atoms with Gasteiger partial charge < -0.3 is 11.1 Å². The predicted molar refractivity (Wildman–Crippen MR) is 88.3 cm³/mol. The average Bonchev–Trinajstić information content (AvgIpc) is 2.54. The third-order valence-electron chi connectivity index (χ3n) is 3.77. The molecule has 2 aromatic rings. The fourth-order valence-corrected chi connectivity index (χ4v) is 2.03. The molecule has 0 aliphatic rings. The van der Waals surface area contributed by atoms with Gasteiger partial charge in [-0.25, -0.2) is 9.97 Å². The average molecular weight is 298 g/mol.